The summed E-state index contributed by atoms with van der Waals surface area (Å²) in [4.78, 5) is 24.4. The zero-order valence-corrected chi connectivity index (χ0v) is 31.1. The zero-order chi connectivity index (χ0) is 33.6. The molecule has 0 aromatic heterocycles. The van der Waals surface area contributed by atoms with E-state index < -0.39 is 0 Å². The molecule has 46 heavy (non-hydrogen) atoms. The van der Waals surface area contributed by atoms with Crippen LogP contribution in [0.5, 0.6) is 0 Å². The van der Waals surface area contributed by atoms with Gasteiger partial charge in [0, 0.05) is 12.8 Å². The zero-order valence-electron chi connectivity index (χ0n) is 31.1. The Labute approximate surface area is 287 Å². The Morgan fingerprint density at radius 2 is 0.826 bits per heavy atom. The van der Waals surface area contributed by atoms with Gasteiger partial charge in [0.2, 0.25) is 0 Å². The van der Waals surface area contributed by atoms with Crippen LogP contribution >= 0.6 is 0 Å². The molecule has 0 saturated heterocycles. The van der Waals surface area contributed by atoms with Gasteiger partial charge in [-0.3, -0.25) is 9.59 Å². The van der Waals surface area contributed by atoms with Gasteiger partial charge in [0.05, 0.1) is 6.61 Å². The summed E-state index contributed by atoms with van der Waals surface area (Å²) in [5.74, 6) is -0.169. The summed E-state index contributed by atoms with van der Waals surface area (Å²) >= 11 is 0. The van der Waals surface area contributed by atoms with E-state index in [-0.39, 0.29) is 18.0 Å². The van der Waals surface area contributed by atoms with E-state index in [4.69, 9.17) is 9.47 Å². The Kier molecular flexibility index (Phi) is 36.6. The van der Waals surface area contributed by atoms with Crippen molar-refractivity contribution in [3.63, 3.8) is 0 Å². The number of hydrogen-bond donors (Lipinski definition) is 0. The van der Waals surface area contributed by atoms with E-state index in [9.17, 15) is 9.59 Å². The standard InChI is InChI=1S/C42H78O4/c1-4-7-9-11-13-15-17-19-21-23-25-27-29-31-33-37-41(43)45-39-35-36-40(6-3)46-42(44)38-34-32-30-28-26-24-22-20-18-16-14-12-10-8-5-2/h19-22,40H,4-18,23-39H2,1-3H3/b21-19-,22-20-. The Morgan fingerprint density at radius 1 is 0.457 bits per heavy atom. The summed E-state index contributed by atoms with van der Waals surface area (Å²) in [6, 6.07) is 0. The minimum atomic E-state index is -0.0909. The van der Waals surface area contributed by atoms with Gasteiger partial charge in [-0.2, -0.15) is 0 Å². The molecule has 0 amide bonds. The summed E-state index contributed by atoms with van der Waals surface area (Å²) in [6.07, 6.45) is 45.3. The number of ether oxygens (including phenoxy) is 2. The molecule has 0 saturated carbocycles. The minimum absolute atomic E-state index is 0.0697. The van der Waals surface area contributed by atoms with Crippen LogP contribution in [0.15, 0.2) is 24.3 Å². The molecule has 0 rings (SSSR count). The molecule has 0 fully saturated rings. The molecule has 0 spiro atoms. The lowest BCUT2D eigenvalue weighted by Crippen LogP contribution is -2.18. The van der Waals surface area contributed by atoms with Crippen LogP contribution in [-0.4, -0.2) is 24.6 Å². The normalized spacial score (nSPS) is 12.3. The first kappa shape index (κ1) is 44.4. The lowest BCUT2D eigenvalue weighted by molar-refractivity contribution is -0.151. The van der Waals surface area contributed by atoms with Crippen LogP contribution in [0.1, 0.15) is 220 Å². The van der Waals surface area contributed by atoms with Crippen molar-refractivity contribution in [2.24, 2.45) is 0 Å². The predicted octanol–water partition coefficient (Wildman–Crippen LogP) is 13.7. The molecule has 1 unspecified atom stereocenters. The molecule has 0 aromatic carbocycles. The Morgan fingerprint density at radius 3 is 1.24 bits per heavy atom. The highest BCUT2D eigenvalue weighted by Crippen LogP contribution is 2.14. The van der Waals surface area contributed by atoms with Gasteiger partial charge in [0.1, 0.15) is 6.10 Å². The monoisotopic (exact) mass is 647 g/mol. The molecule has 0 aliphatic carbocycles. The maximum atomic E-state index is 12.3. The lowest BCUT2D eigenvalue weighted by atomic mass is 10.1. The van der Waals surface area contributed by atoms with Crippen molar-refractivity contribution >= 4 is 11.9 Å². The first-order valence-electron chi connectivity index (χ1n) is 20.3. The Bertz CT molecular complexity index is 698. The Balaban J connectivity index is 3.55. The first-order chi connectivity index (χ1) is 22.6. The summed E-state index contributed by atoms with van der Waals surface area (Å²) in [5.41, 5.74) is 0. The third-order valence-corrected chi connectivity index (χ3v) is 8.97. The van der Waals surface area contributed by atoms with Gasteiger partial charge in [-0.05, 0) is 83.5 Å². The average Bonchev–Trinajstić information content (AvgIpc) is 3.06. The van der Waals surface area contributed by atoms with E-state index in [1.165, 1.54) is 141 Å². The van der Waals surface area contributed by atoms with E-state index in [2.05, 4.69) is 45.1 Å². The fourth-order valence-corrected chi connectivity index (χ4v) is 5.84. The molecule has 0 aliphatic rings. The number of carbonyl (C=O) groups is 2. The maximum absolute atomic E-state index is 12.3. The van der Waals surface area contributed by atoms with Crippen LogP contribution < -0.4 is 0 Å². The molecular formula is C42H78O4. The van der Waals surface area contributed by atoms with E-state index in [1.807, 2.05) is 0 Å². The van der Waals surface area contributed by atoms with Crippen LogP contribution in [0.4, 0.5) is 0 Å². The molecule has 1 atom stereocenters. The van der Waals surface area contributed by atoms with Crippen molar-refractivity contribution in [2.75, 3.05) is 6.61 Å². The molecule has 0 N–H and O–H groups in total. The summed E-state index contributed by atoms with van der Waals surface area (Å²) in [6.45, 7) is 7.01. The van der Waals surface area contributed by atoms with E-state index in [0.717, 1.165) is 44.9 Å². The fraction of sp³-hybridized carbons (Fsp3) is 0.857. The van der Waals surface area contributed by atoms with Crippen molar-refractivity contribution in [2.45, 2.75) is 226 Å². The van der Waals surface area contributed by atoms with Gasteiger partial charge in [0.25, 0.3) is 0 Å². The second kappa shape index (κ2) is 37.9. The molecule has 4 heteroatoms. The highest BCUT2D eigenvalue weighted by atomic mass is 16.5. The largest absolute Gasteiger partial charge is 0.466 e. The third-order valence-electron chi connectivity index (χ3n) is 8.97. The molecule has 0 aliphatic heterocycles. The smallest absolute Gasteiger partial charge is 0.306 e. The van der Waals surface area contributed by atoms with Crippen LogP contribution in [0, 0.1) is 0 Å². The summed E-state index contributed by atoms with van der Waals surface area (Å²) in [5, 5.41) is 0. The second-order valence-electron chi connectivity index (χ2n) is 13.6. The van der Waals surface area contributed by atoms with Crippen molar-refractivity contribution in [1.29, 1.82) is 0 Å². The summed E-state index contributed by atoms with van der Waals surface area (Å²) < 4.78 is 11.1. The SMILES string of the molecule is CCCCCCCC/C=C\CCCCCCCC(=O)OCCCC(CC)OC(=O)CCCCCCC/C=C\CCCCCCCC. The van der Waals surface area contributed by atoms with Gasteiger partial charge in [-0.25, -0.2) is 0 Å². The number of carbonyl (C=O) groups excluding carboxylic acids is 2. The van der Waals surface area contributed by atoms with Crippen molar-refractivity contribution in [1.82, 2.24) is 0 Å². The molecule has 0 bridgehead atoms. The number of unbranched alkanes of at least 4 members (excludes halogenated alkanes) is 22. The molecule has 0 radical (unpaired) electrons. The highest BCUT2D eigenvalue weighted by Gasteiger charge is 2.13. The summed E-state index contributed by atoms with van der Waals surface area (Å²) in [7, 11) is 0. The van der Waals surface area contributed by atoms with Crippen molar-refractivity contribution < 1.29 is 19.1 Å². The van der Waals surface area contributed by atoms with Crippen LogP contribution in [0.3, 0.4) is 0 Å². The van der Waals surface area contributed by atoms with Crippen molar-refractivity contribution in [3.05, 3.63) is 24.3 Å². The van der Waals surface area contributed by atoms with Gasteiger partial charge < -0.3 is 9.47 Å². The second-order valence-corrected chi connectivity index (χ2v) is 13.6. The minimum Gasteiger partial charge on any atom is -0.466 e. The van der Waals surface area contributed by atoms with Gasteiger partial charge in [-0.1, -0.05) is 148 Å². The number of hydrogen-bond acceptors (Lipinski definition) is 4. The Hall–Kier alpha value is -1.58. The predicted molar refractivity (Wildman–Crippen MR) is 199 cm³/mol. The molecule has 0 heterocycles. The van der Waals surface area contributed by atoms with Gasteiger partial charge in [0.15, 0.2) is 0 Å². The fourth-order valence-electron chi connectivity index (χ4n) is 5.84. The highest BCUT2D eigenvalue weighted by molar-refractivity contribution is 5.69. The molecule has 270 valence electrons. The third kappa shape index (κ3) is 35.3. The molecular weight excluding hydrogens is 568 g/mol. The van der Waals surface area contributed by atoms with Crippen LogP contribution in [0.25, 0.3) is 0 Å². The maximum Gasteiger partial charge on any atom is 0.306 e. The van der Waals surface area contributed by atoms with Gasteiger partial charge in [-0.15, -0.1) is 0 Å². The molecule has 0 aromatic rings. The lowest BCUT2D eigenvalue weighted by Gasteiger charge is -2.16. The van der Waals surface area contributed by atoms with E-state index >= 15 is 0 Å². The van der Waals surface area contributed by atoms with Gasteiger partial charge >= 0.3 is 11.9 Å². The average molecular weight is 647 g/mol. The van der Waals surface area contributed by atoms with E-state index in [1.54, 1.807) is 0 Å². The van der Waals surface area contributed by atoms with Crippen LogP contribution in [0.2, 0.25) is 0 Å². The number of rotatable bonds is 36. The number of esters is 2. The first-order valence-corrected chi connectivity index (χ1v) is 20.3. The van der Waals surface area contributed by atoms with Crippen LogP contribution in [-0.2, 0) is 19.1 Å². The number of allylic oxidation sites excluding steroid dienone is 4. The quantitative estimate of drug-likeness (QED) is 0.0386. The van der Waals surface area contributed by atoms with E-state index in [0.29, 0.717) is 19.4 Å². The van der Waals surface area contributed by atoms with Crippen molar-refractivity contribution in [3.8, 4) is 0 Å². The molecule has 4 nitrogen and oxygen atoms in total. The topological polar surface area (TPSA) is 52.6 Å².